The van der Waals surface area contributed by atoms with E-state index < -0.39 is 54.4 Å². The zero-order chi connectivity index (χ0) is 98.8. The summed E-state index contributed by atoms with van der Waals surface area (Å²) in [5, 5.41) is 7.30. The van der Waals surface area contributed by atoms with Gasteiger partial charge in [-0.1, -0.05) is 160 Å². The summed E-state index contributed by atoms with van der Waals surface area (Å²) in [7, 11) is 0. The fourth-order valence-corrected chi connectivity index (χ4v) is 29.7. The molecular weight excluding hydrogens is 1870 g/mol. The molecule has 0 fully saturated rings. The molecule has 16 nitrogen and oxygen atoms in total. The van der Waals surface area contributed by atoms with E-state index in [-0.39, 0.29) is 81.5 Å². The Morgan fingerprint density at radius 2 is 0.471 bits per heavy atom. The summed E-state index contributed by atoms with van der Waals surface area (Å²) in [6.45, 7) is 38.8. The van der Waals surface area contributed by atoms with E-state index in [2.05, 4.69) is 147 Å². The molecule has 15 rings (SSSR count). The van der Waals surface area contributed by atoms with Gasteiger partial charge in [-0.05, 0) is 12.8 Å². The van der Waals surface area contributed by atoms with Gasteiger partial charge in [0.1, 0.15) is 0 Å². The number of nitrogens with zero attached hydrogens (tertiary/aromatic N) is 8. The zero-order valence-corrected chi connectivity index (χ0v) is 89.7. The molecule has 0 saturated carbocycles. The molecule has 0 spiro atoms. The second-order valence-corrected chi connectivity index (χ2v) is 47.1. The van der Waals surface area contributed by atoms with Crippen LogP contribution in [-0.4, -0.2) is 103 Å². The fourth-order valence-electron chi connectivity index (χ4n) is 20.6. The van der Waals surface area contributed by atoms with Crippen LogP contribution in [0.4, 0.5) is 33.6 Å². The Hall–Kier alpha value is -9.70. The summed E-state index contributed by atoms with van der Waals surface area (Å²) in [4.78, 5) is 35.1. The van der Waals surface area contributed by atoms with Crippen LogP contribution in [0.5, 0.6) is 46.0 Å². The van der Waals surface area contributed by atoms with E-state index in [1.165, 1.54) is 0 Å². The van der Waals surface area contributed by atoms with Gasteiger partial charge in [-0.3, -0.25) is 0 Å². The Labute approximate surface area is 836 Å². The van der Waals surface area contributed by atoms with Gasteiger partial charge in [0.05, 0.1) is 0 Å². The number of halogens is 5. The number of benzene rings is 9. The average molecular weight is 2020 g/mol. The Balaban J connectivity index is 1.14. The summed E-state index contributed by atoms with van der Waals surface area (Å²) >= 11 is -6.25. The molecule has 6 bridgehead atoms. The van der Waals surface area contributed by atoms with Gasteiger partial charge in [0, 0.05) is 0 Å². The Morgan fingerprint density at radius 3 is 0.764 bits per heavy atom. The predicted octanol–water partition coefficient (Wildman–Crippen LogP) is 31.4. The molecule has 750 valence electrons. The van der Waals surface area contributed by atoms with E-state index in [4.69, 9.17) is 67.8 Å². The fraction of sp³-hybridized carbons (Fsp3) is 0.542. The number of hydrogen-bond acceptors (Lipinski definition) is 14. The van der Waals surface area contributed by atoms with E-state index in [1.807, 2.05) is 60.7 Å². The quantitative estimate of drug-likeness (QED) is 0.0207. The standard InChI is InChI=1S/C112H152N8O8.C6F5.In/c1-17-33-41-73(25-9)65-121-85-49-81-53-93-97(61-89(81)101(57-85)125-69-77(29-13)45-37-21-5)109-113-105(93)117-110-98-62-90-82(50-86(122-66-74(26-10)42-34-18-2)58-102(90)126-70-78(30-14)46-38-22-6)54-94(98)107(114-110)119-112-100-64-92-84(52-88(124-68-76(28-12)44-36-20-4)60-104(92)128-72-80(32-16)48-40-24-8)56-96(100)108(116-112)120-111-99-63-91-83(55-95(99)106(115-111)118-109)51-87(123-67-75(27-11)43-35-19-3)59-103(91)127-71-79(31-15)47-39-23-7;7-2-1-3(8)5(10)6(11)4(2)9;/h49-64,73-80H,17-48,65-72H2,1-16H3;;/q-2;;+2. The number of rotatable bonds is 57. The maximum absolute atomic E-state index is 19.3. The van der Waals surface area contributed by atoms with Crippen LogP contribution in [0.2, 0.25) is 0 Å². The molecule has 8 atom stereocenters. The first-order chi connectivity index (χ1) is 68.2. The molecule has 140 heavy (non-hydrogen) atoms. The van der Waals surface area contributed by atoms with Gasteiger partial charge in [-0.2, -0.15) is 0 Å². The van der Waals surface area contributed by atoms with Crippen LogP contribution in [0.3, 0.4) is 0 Å². The number of unbranched alkanes of at least 4 members (excludes halogenated alkanes) is 8. The summed E-state index contributed by atoms with van der Waals surface area (Å²) in [6, 6.07) is 32.3. The first kappa shape index (κ1) is 105. The summed E-state index contributed by atoms with van der Waals surface area (Å²) < 4.78 is 150. The van der Waals surface area contributed by atoms with Crippen molar-refractivity contribution in [3.05, 3.63) is 159 Å². The van der Waals surface area contributed by atoms with Gasteiger partial charge < -0.3 is 0 Å². The van der Waals surface area contributed by atoms with Crippen molar-refractivity contribution in [1.29, 1.82) is 0 Å². The molecule has 0 saturated heterocycles. The van der Waals surface area contributed by atoms with Crippen LogP contribution in [0, 0.1) is 76.4 Å². The number of aliphatic imine (C=N–C) groups is 4. The maximum atomic E-state index is 19.3. The number of aromatic nitrogens is 2. The van der Waals surface area contributed by atoms with Gasteiger partial charge in [0.15, 0.2) is 0 Å². The van der Waals surface area contributed by atoms with E-state index in [0.717, 1.165) is 227 Å². The number of hydrogen-bond donors (Lipinski definition) is 0. The average Bonchev–Trinajstić information content (AvgIpc) is 1.53. The molecule has 0 amide bonds. The van der Waals surface area contributed by atoms with Crippen LogP contribution < -0.4 is 52.2 Å². The summed E-state index contributed by atoms with van der Waals surface area (Å²) in [6.07, 6.45) is 31.8. The minimum atomic E-state index is -6.25. The van der Waals surface area contributed by atoms with Crippen molar-refractivity contribution in [2.75, 3.05) is 52.9 Å². The number of fused-ring (bicyclic) bond motifs is 18. The van der Waals surface area contributed by atoms with E-state index in [0.29, 0.717) is 176 Å². The molecule has 8 unspecified atom stereocenters. The first-order valence-electron chi connectivity index (χ1n) is 54.1. The van der Waals surface area contributed by atoms with E-state index in [9.17, 15) is 0 Å². The second-order valence-electron chi connectivity index (χ2n) is 40.3. The number of ether oxygens (including phenoxy) is 8. The van der Waals surface area contributed by atoms with Crippen molar-refractivity contribution >= 4 is 125 Å². The molecule has 0 N–H and O–H groups in total. The molecular formula is C118H152F5InN8O8. The van der Waals surface area contributed by atoms with Gasteiger partial charge >= 0.3 is 669 Å². The molecule has 22 heteroatoms. The van der Waals surface area contributed by atoms with Crippen LogP contribution in [0.1, 0.15) is 338 Å². The summed E-state index contributed by atoms with van der Waals surface area (Å²) in [5.41, 5.74) is 2.33. The van der Waals surface area contributed by atoms with Crippen molar-refractivity contribution < 1.29 is 59.8 Å². The van der Waals surface area contributed by atoms with Crippen molar-refractivity contribution in [1.82, 2.24) is 5.11 Å². The molecule has 6 heterocycles. The molecule has 9 aromatic carbocycles. The van der Waals surface area contributed by atoms with Gasteiger partial charge in [0.25, 0.3) is 0 Å². The monoisotopic (exact) mass is 2020 g/mol. The van der Waals surface area contributed by atoms with Crippen LogP contribution in [-0.2, 0) is 0 Å². The topological polar surface area (TPSA) is 158 Å². The Bertz CT molecular complexity index is 6430. The van der Waals surface area contributed by atoms with E-state index in [1.54, 1.807) is 5.11 Å². The van der Waals surface area contributed by atoms with Gasteiger partial charge in [-0.25, -0.2) is 0 Å². The van der Waals surface area contributed by atoms with E-state index >= 15 is 22.0 Å². The molecule has 4 aliphatic rings. The van der Waals surface area contributed by atoms with Crippen LogP contribution >= 0.6 is 0 Å². The third-order valence-electron chi connectivity index (χ3n) is 30.4. The van der Waals surface area contributed by atoms with Crippen molar-refractivity contribution in [2.24, 2.45) is 77.3 Å². The minimum absolute atomic E-state index is 0.0752. The predicted molar refractivity (Wildman–Crippen MR) is 567 cm³/mol. The molecule has 0 aliphatic carbocycles. The SMILES string of the molecule is CCCCC(CC)COc1cc(OCC(CC)CCCC)c2cc3c(cc2c1)C1=Nc2c4cc5c(OCC(CC)CCCC)cc(OCC(CC)CCCC)cc5cc4c4[n]2[In]([c]2c(F)c(F)c(F)c(F)c2F)[n]2c(c5cc6cc(OCC(CC)CCCC)cc(OCC(CC)CCCC)c6cc5c2=NC2=NC(=N4)c4cc5c(OCC(CC)CCCC)cc(OCC(CC)CCCC)cc5cc42)=NC3=N1. The van der Waals surface area contributed by atoms with Crippen molar-refractivity contribution in [2.45, 2.75) is 316 Å². The molecule has 2 aromatic heterocycles. The van der Waals surface area contributed by atoms with Crippen molar-refractivity contribution in [3.8, 4) is 46.0 Å². The Kier molecular flexibility index (Phi) is 37.0. The van der Waals surface area contributed by atoms with Crippen LogP contribution in [0.25, 0.3) is 64.6 Å². The van der Waals surface area contributed by atoms with Crippen LogP contribution in [0.15, 0.2) is 127 Å². The van der Waals surface area contributed by atoms with Crippen molar-refractivity contribution in [3.63, 3.8) is 0 Å². The normalized spacial score (nSPS) is 14.9. The molecule has 0 radical (unpaired) electrons. The first-order valence-corrected chi connectivity index (χ1v) is 58.7. The molecule has 4 aliphatic heterocycles. The third-order valence-corrected chi connectivity index (χ3v) is 38.9. The summed E-state index contributed by atoms with van der Waals surface area (Å²) in [5.74, 6) is -3.09. The molecule has 11 aromatic rings. The van der Waals surface area contributed by atoms with Gasteiger partial charge in [0.2, 0.25) is 0 Å². The second kappa shape index (κ2) is 49.5. The third kappa shape index (κ3) is 23.4. The number of amidine groups is 4. The van der Waals surface area contributed by atoms with Gasteiger partial charge in [-0.15, -0.1) is 0 Å². The Morgan fingerprint density at radius 1 is 0.236 bits per heavy atom. The zero-order valence-electron chi connectivity index (χ0n) is 86.5.